The maximum atomic E-state index is 5.28. The lowest BCUT2D eigenvalue weighted by molar-refractivity contribution is 0.395. The third-order valence-electron chi connectivity index (χ3n) is 5.05. The molecule has 0 spiro atoms. The lowest BCUT2D eigenvalue weighted by Crippen LogP contribution is -2.46. The molecule has 2 aromatic heterocycles. The Labute approximate surface area is 148 Å². The zero-order chi connectivity index (χ0) is 17.2. The van der Waals surface area contributed by atoms with Crippen LogP contribution in [0.1, 0.15) is 31.4 Å². The fraction of sp³-hybridized carbons (Fsp3) is 0.556. The van der Waals surface area contributed by atoms with Gasteiger partial charge in [-0.25, -0.2) is 15.0 Å². The molecule has 4 rings (SSSR count). The van der Waals surface area contributed by atoms with Crippen LogP contribution < -0.4 is 14.5 Å². The van der Waals surface area contributed by atoms with Crippen molar-refractivity contribution >= 4 is 11.6 Å². The molecule has 1 saturated heterocycles. The van der Waals surface area contributed by atoms with Crippen molar-refractivity contribution in [2.75, 3.05) is 30.0 Å². The Kier molecular flexibility index (Phi) is 4.38. The number of anilines is 2. The number of rotatable bonds is 5. The highest BCUT2D eigenvalue weighted by Gasteiger charge is 2.37. The van der Waals surface area contributed by atoms with E-state index in [1.807, 2.05) is 13.0 Å². The summed E-state index contributed by atoms with van der Waals surface area (Å²) in [6.45, 7) is 4.02. The first kappa shape index (κ1) is 16.1. The van der Waals surface area contributed by atoms with E-state index < -0.39 is 0 Å². The van der Waals surface area contributed by atoms with Crippen molar-refractivity contribution in [1.82, 2.24) is 19.9 Å². The fourth-order valence-corrected chi connectivity index (χ4v) is 3.67. The van der Waals surface area contributed by atoms with Gasteiger partial charge in [-0.15, -0.1) is 0 Å². The summed E-state index contributed by atoms with van der Waals surface area (Å²) >= 11 is 0. The predicted octanol–water partition coefficient (Wildman–Crippen LogP) is 2.22. The summed E-state index contributed by atoms with van der Waals surface area (Å²) in [6.07, 6.45) is 9.81. The van der Waals surface area contributed by atoms with Crippen molar-refractivity contribution < 1.29 is 4.74 Å². The molecule has 0 radical (unpaired) electrons. The number of aryl methyl sites for hydroxylation is 1. The van der Waals surface area contributed by atoms with Gasteiger partial charge in [0, 0.05) is 43.6 Å². The van der Waals surface area contributed by atoms with E-state index in [0.29, 0.717) is 18.0 Å². The Bertz CT molecular complexity index is 727. The molecule has 2 aliphatic rings. The average molecular weight is 340 g/mol. The normalized spacial score (nSPS) is 18.2. The molecule has 2 fully saturated rings. The van der Waals surface area contributed by atoms with E-state index in [9.17, 15) is 0 Å². The summed E-state index contributed by atoms with van der Waals surface area (Å²) in [5, 5.41) is 0. The van der Waals surface area contributed by atoms with Gasteiger partial charge in [0.25, 0.3) is 0 Å². The summed E-state index contributed by atoms with van der Waals surface area (Å²) in [6, 6.07) is 3.06. The summed E-state index contributed by atoms with van der Waals surface area (Å²) in [5.41, 5.74) is 1.00. The molecule has 0 atom stereocenters. The molecule has 0 N–H and O–H groups in total. The molecule has 1 aliphatic heterocycles. The average Bonchev–Trinajstić information content (AvgIpc) is 3.48. The van der Waals surface area contributed by atoms with Gasteiger partial charge in [0.15, 0.2) is 0 Å². The summed E-state index contributed by atoms with van der Waals surface area (Å²) in [7, 11) is 1.65. The lowest BCUT2D eigenvalue weighted by Gasteiger charge is -2.40. The minimum atomic E-state index is 0.500. The van der Waals surface area contributed by atoms with E-state index in [0.717, 1.165) is 43.3 Å². The van der Waals surface area contributed by atoms with E-state index in [2.05, 4.69) is 29.7 Å². The van der Waals surface area contributed by atoms with Crippen molar-refractivity contribution in [2.24, 2.45) is 0 Å². The standard InChI is InChI=1S/C18H24N6O/c1-13-18(20-8-7-19-13)23-9-5-15(6-10-23)24(14-3-4-14)16-11-17(25-2)22-12-21-16/h7-8,11-12,14-15H,3-6,9-10H2,1-2H3. The van der Waals surface area contributed by atoms with Gasteiger partial charge in [-0.1, -0.05) is 0 Å². The molecule has 2 aromatic rings. The maximum absolute atomic E-state index is 5.28. The third kappa shape index (κ3) is 3.36. The number of hydrogen-bond acceptors (Lipinski definition) is 7. The second-order valence-corrected chi connectivity index (χ2v) is 6.74. The van der Waals surface area contributed by atoms with Crippen LogP contribution in [-0.2, 0) is 0 Å². The van der Waals surface area contributed by atoms with E-state index in [4.69, 9.17) is 4.74 Å². The smallest absolute Gasteiger partial charge is 0.218 e. The van der Waals surface area contributed by atoms with Crippen molar-refractivity contribution in [1.29, 1.82) is 0 Å². The predicted molar refractivity (Wildman–Crippen MR) is 96.1 cm³/mol. The van der Waals surface area contributed by atoms with Crippen LogP contribution in [0.4, 0.5) is 11.6 Å². The number of methoxy groups -OCH3 is 1. The number of nitrogens with zero attached hydrogens (tertiary/aromatic N) is 6. The minimum absolute atomic E-state index is 0.500. The van der Waals surface area contributed by atoms with Crippen LogP contribution in [0.3, 0.4) is 0 Å². The van der Waals surface area contributed by atoms with Crippen molar-refractivity contribution in [3.63, 3.8) is 0 Å². The van der Waals surface area contributed by atoms with Crippen LogP contribution in [0.25, 0.3) is 0 Å². The number of hydrogen-bond donors (Lipinski definition) is 0. The lowest BCUT2D eigenvalue weighted by atomic mass is 10.0. The first-order valence-corrected chi connectivity index (χ1v) is 8.93. The van der Waals surface area contributed by atoms with Gasteiger partial charge in [0.05, 0.1) is 12.8 Å². The van der Waals surface area contributed by atoms with Crippen LogP contribution in [0, 0.1) is 6.92 Å². The Morgan fingerprint density at radius 2 is 1.72 bits per heavy atom. The molecule has 7 nitrogen and oxygen atoms in total. The van der Waals surface area contributed by atoms with E-state index in [1.54, 1.807) is 25.8 Å². The molecule has 0 unspecified atom stereocenters. The molecule has 1 aliphatic carbocycles. The van der Waals surface area contributed by atoms with Crippen LogP contribution in [0.2, 0.25) is 0 Å². The SMILES string of the molecule is COc1cc(N(C2CC2)C2CCN(c3nccnc3C)CC2)ncn1. The highest BCUT2D eigenvalue weighted by atomic mass is 16.5. The Morgan fingerprint density at radius 1 is 1.00 bits per heavy atom. The Morgan fingerprint density at radius 3 is 2.40 bits per heavy atom. The molecule has 132 valence electrons. The quantitative estimate of drug-likeness (QED) is 0.827. The second kappa shape index (κ2) is 6.82. The molecule has 3 heterocycles. The molecule has 0 amide bonds. The van der Waals surface area contributed by atoms with Gasteiger partial charge in [-0.05, 0) is 32.6 Å². The van der Waals surface area contributed by atoms with Crippen molar-refractivity contribution in [2.45, 2.75) is 44.7 Å². The Hall–Kier alpha value is -2.44. The molecule has 1 saturated carbocycles. The second-order valence-electron chi connectivity index (χ2n) is 6.74. The highest BCUT2D eigenvalue weighted by Crippen LogP contribution is 2.36. The number of ether oxygens (including phenoxy) is 1. The van der Waals surface area contributed by atoms with Gasteiger partial charge in [-0.3, -0.25) is 4.98 Å². The maximum Gasteiger partial charge on any atom is 0.218 e. The van der Waals surface area contributed by atoms with Gasteiger partial charge >= 0.3 is 0 Å². The molecular formula is C18H24N6O. The van der Waals surface area contributed by atoms with E-state index in [-0.39, 0.29) is 0 Å². The van der Waals surface area contributed by atoms with Gasteiger partial charge in [0.1, 0.15) is 18.0 Å². The van der Waals surface area contributed by atoms with Gasteiger partial charge in [-0.2, -0.15) is 0 Å². The highest BCUT2D eigenvalue weighted by molar-refractivity contribution is 5.47. The monoisotopic (exact) mass is 340 g/mol. The molecular weight excluding hydrogens is 316 g/mol. The first-order chi connectivity index (χ1) is 12.3. The van der Waals surface area contributed by atoms with E-state index >= 15 is 0 Å². The van der Waals surface area contributed by atoms with Gasteiger partial charge < -0.3 is 14.5 Å². The van der Waals surface area contributed by atoms with Crippen LogP contribution in [0.5, 0.6) is 5.88 Å². The summed E-state index contributed by atoms with van der Waals surface area (Å²) in [5.74, 6) is 2.63. The van der Waals surface area contributed by atoms with Crippen molar-refractivity contribution in [3.8, 4) is 5.88 Å². The molecule has 25 heavy (non-hydrogen) atoms. The Balaban J connectivity index is 1.49. The van der Waals surface area contributed by atoms with Crippen LogP contribution >= 0.6 is 0 Å². The van der Waals surface area contributed by atoms with Crippen molar-refractivity contribution in [3.05, 3.63) is 30.5 Å². The topological polar surface area (TPSA) is 67.3 Å². The van der Waals surface area contributed by atoms with E-state index in [1.165, 1.54) is 12.8 Å². The number of piperidine rings is 1. The zero-order valence-corrected chi connectivity index (χ0v) is 14.8. The molecule has 0 aromatic carbocycles. The first-order valence-electron chi connectivity index (χ1n) is 8.93. The zero-order valence-electron chi connectivity index (χ0n) is 14.8. The third-order valence-corrected chi connectivity index (χ3v) is 5.05. The minimum Gasteiger partial charge on any atom is -0.481 e. The number of aromatic nitrogens is 4. The summed E-state index contributed by atoms with van der Waals surface area (Å²) in [4.78, 5) is 22.4. The largest absolute Gasteiger partial charge is 0.481 e. The summed E-state index contributed by atoms with van der Waals surface area (Å²) < 4.78 is 5.28. The van der Waals surface area contributed by atoms with Crippen LogP contribution in [-0.4, -0.2) is 52.2 Å². The van der Waals surface area contributed by atoms with Crippen LogP contribution in [0.15, 0.2) is 24.8 Å². The molecule has 7 heteroatoms. The van der Waals surface area contributed by atoms with Gasteiger partial charge in [0.2, 0.25) is 5.88 Å². The fourth-order valence-electron chi connectivity index (χ4n) is 3.67. The molecule has 0 bridgehead atoms.